The van der Waals surface area contributed by atoms with Gasteiger partial charge in [0.2, 0.25) is 0 Å². The van der Waals surface area contributed by atoms with Gasteiger partial charge < -0.3 is 10.0 Å². The van der Waals surface area contributed by atoms with Gasteiger partial charge in [-0.25, -0.2) is 0 Å². The lowest BCUT2D eigenvalue weighted by molar-refractivity contribution is 0.259. The summed E-state index contributed by atoms with van der Waals surface area (Å²) < 4.78 is 0. The molecule has 20 heavy (non-hydrogen) atoms. The smallest absolute Gasteiger partial charge is 0.115 e. The molecule has 0 aliphatic heterocycles. The molecular formula is C18H23NO. The molecule has 2 aromatic carbocycles. The van der Waals surface area contributed by atoms with E-state index in [0.717, 1.165) is 19.4 Å². The molecule has 0 spiro atoms. The highest BCUT2D eigenvalue weighted by molar-refractivity contribution is 5.26. The third kappa shape index (κ3) is 4.39. The summed E-state index contributed by atoms with van der Waals surface area (Å²) >= 11 is 0. The van der Waals surface area contributed by atoms with Crippen LogP contribution in [0.25, 0.3) is 0 Å². The Balaban J connectivity index is 1.82. The third-order valence-corrected chi connectivity index (χ3v) is 3.82. The Labute approximate surface area is 121 Å². The molecule has 106 valence electrons. The normalized spacial score (nSPS) is 12.6. The molecule has 2 heteroatoms. The van der Waals surface area contributed by atoms with Crippen LogP contribution in [-0.2, 0) is 12.8 Å². The van der Waals surface area contributed by atoms with E-state index in [1.54, 1.807) is 12.1 Å². The van der Waals surface area contributed by atoms with Crippen LogP contribution in [0.3, 0.4) is 0 Å². The van der Waals surface area contributed by atoms with Crippen LogP contribution < -0.4 is 0 Å². The van der Waals surface area contributed by atoms with Crippen LogP contribution in [0, 0.1) is 0 Å². The average molecular weight is 269 g/mol. The van der Waals surface area contributed by atoms with Crippen molar-refractivity contribution in [2.75, 3.05) is 13.6 Å². The van der Waals surface area contributed by atoms with Crippen molar-refractivity contribution in [1.82, 2.24) is 4.90 Å². The van der Waals surface area contributed by atoms with Gasteiger partial charge in [-0.3, -0.25) is 0 Å². The average Bonchev–Trinajstić information content (AvgIpc) is 2.48. The summed E-state index contributed by atoms with van der Waals surface area (Å²) in [6.07, 6.45) is 2.09. The highest BCUT2D eigenvalue weighted by Crippen LogP contribution is 2.13. The van der Waals surface area contributed by atoms with E-state index in [0.29, 0.717) is 11.8 Å². The lowest BCUT2D eigenvalue weighted by Gasteiger charge is -2.24. The van der Waals surface area contributed by atoms with E-state index in [-0.39, 0.29) is 0 Å². The molecule has 1 N–H and O–H groups in total. The van der Waals surface area contributed by atoms with E-state index in [9.17, 15) is 5.11 Å². The van der Waals surface area contributed by atoms with Crippen molar-refractivity contribution in [2.45, 2.75) is 25.8 Å². The van der Waals surface area contributed by atoms with Gasteiger partial charge in [0.15, 0.2) is 0 Å². The molecule has 0 amide bonds. The zero-order chi connectivity index (χ0) is 14.4. The first-order valence-electron chi connectivity index (χ1n) is 7.17. The lowest BCUT2D eigenvalue weighted by atomic mass is 10.1. The zero-order valence-corrected chi connectivity index (χ0v) is 12.3. The van der Waals surface area contributed by atoms with Crippen LogP contribution in [0.4, 0.5) is 0 Å². The Kier molecular flexibility index (Phi) is 5.19. The first-order valence-corrected chi connectivity index (χ1v) is 7.17. The zero-order valence-electron chi connectivity index (χ0n) is 12.3. The van der Waals surface area contributed by atoms with Crippen molar-refractivity contribution >= 4 is 0 Å². The number of rotatable bonds is 6. The number of hydrogen-bond acceptors (Lipinski definition) is 2. The summed E-state index contributed by atoms with van der Waals surface area (Å²) in [7, 11) is 2.17. The SMILES string of the molecule is CC(Cc1ccc(O)cc1)N(C)CCc1ccccc1. The second-order valence-electron chi connectivity index (χ2n) is 5.44. The van der Waals surface area contributed by atoms with Gasteiger partial charge in [0.05, 0.1) is 0 Å². The van der Waals surface area contributed by atoms with Crippen molar-refractivity contribution in [2.24, 2.45) is 0 Å². The number of phenolic OH excluding ortho intramolecular Hbond substituents is 1. The van der Waals surface area contributed by atoms with Gasteiger partial charge in [-0.2, -0.15) is 0 Å². The van der Waals surface area contributed by atoms with Crippen LogP contribution in [0.1, 0.15) is 18.1 Å². The Bertz CT molecular complexity index is 507. The number of hydrogen-bond donors (Lipinski definition) is 1. The number of nitrogens with zero attached hydrogens (tertiary/aromatic N) is 1. The van der Waals surface area contributed by atoms with Crippen LogP contribution in [0.2, 0.25) is 0 Å². The molecule has 1 unspecified atom stereocenters. The van der Waals surface area contributed by atoms with Gasteiger partial charge in [0.1, 0.15) is 5.75 Å². The summed E-state index contributed by atoms with van der Waals surface area (Å²) in [6, 6.07) is 18.6. The molecule has 0 saturated heterocycles. The molecule has 0 radical (unpaired) electrons. The Morgan fingerprint density at radius 3 is 2.25 bits per heavy atom. The highest BCUT2D eigenvalue weighted by atomic mass is 16.3. The molecule has 0 aliphatic rings. The number of phenols is 1. The van der Waals surface area contributed by atoms with E-state index >= 15 is 0 Å². The Morgan fingerprint density at radius 1 is 0.950 bits per heavy atom. The van der Waals surface area contributed by atoms with Crippen LogP contribution in [0.15, 0.2) is 54.6 Å². The number of likely N-dealkylation sites (N-methyl/N-ethyl adjacent to an activating group) is 1. The van der Waals surface area contributed by atoms with Gasteiger partial charge >= 0.3 is 0 Å². The monoisotopic (exact) mass is 269 g/mol. The maximum Gasteiger partial charge on any atom is 0.115 e. The summed E-state index contributed by atoms with van der Waals surface area (Å²) in [5.74, 6) is 0.332. The molecule has 0 aromatic heterocycles. The minimum absolute atomic E-state index is 0.332. The fourth-order valence-corrected chi connectivity index (χ4v) is 2.30. The topological polar surface area (TPSA) is 23.5 Å². The molecule has 2 rings (SSSR count). The van der Waals surface area contributed by atoms with Crippen molar-refractivity contribution < 1.29 is 5.11 Å². The number of aromatic hydroxyl groups is 1. The summed E-state index contributed by atoms with van der Waals surface area (Å²) in [4.78, 5) is 2.39. The molecule has 0 heterocycles. The standard InChI is InChI=1S/C18H23NO/c1-15(14-17-8-10-18(20)11-9-17)19(2)13-12-16-6-4-3-5-7-16/h3-11,15,20H,12-14H2,1-2H3. The van der Waals surface area contributed by atoms with E-state index in [1.165, 1.54) is 11.1 Å². The van der Waals surface area contributed by atoms with Crippen LogP contribution in [-0.4, -0.2) is 29.6 Å². The van der Waals surface area contributed by atoms with E-state index in [1.807, 2.05) is 12.1 Å². The van der Waals surface area contributed by atoms with Crippen LogP contribution in [0.5, 0.6) is 5.75 Å². The summed E-state index contributed by atoms with van der Waals surface area (Å²) in [6.45, 7) is 3.31. The molecule has 2 nitrogen and oxygen atoms in total. The van der Waals surface area contributed by atoms with Gasteiger partial charge in [-0.1, -0.05) is 42.5 Å². The summed E-state index contributed by atoms with van der Waals surface area (Å²) in [5.41, 5.74) is 2.65. The van der Waals surface area contributed by atoms with E-state index < -0.39 is 0 Å². The predicted molar refractivity (Wildman–Crippen MR) is 84.0 cm³/mol. The molecule has 0 aliphatic carbocycles. The second-order valence-corrected chi connectivity index (χ2v) is 5.44. The lowest BCUT2D eigenvalue weighted by Crippen LogP contribution is -2.32. The van der Waals surface area contributed by atoms with Crippen LogP contribution >= 0.6 is 0 Å². The number of benzene rings is 2. The quantitative estimate of drug-likeness (QED) is 0.867. The van der Waals surface area contributed by atoms with Crippen molar-refractivity contribution in [1.29, 1.82) is 0 Å². The molecular weight excluding hydrogens is 246 g/mol. The van der Waals surface area contributed by atoms with E-state index in [2.05, 4.69) is 49.2 Å². The maximum absolute atomic E-state index is 9.30. The third-order valence-electron chi connectivity index (χ3n) is 3.82. The maximum atomic E-state index is 9.30. The van der Waals surface area contributed by atoms with Crippen molar-refractivity contribution in [3.8, 4) is 5.75 Å². The largest absolute Gasteiger partial charge is 0.508 e. The minimum atomic E-state index is 0.332. The first-order chi connectivity index (χ1) is 9.65. The van der Waals surface area contributed by atoms with E-state index in [4.69, 9.17) is 0 Å². The fraction of sp³-hybridized carbons (Fsp3) is 0.333. The predicted octanol–water partition coefficient (Wildman–Crippen LogP) is 3.50. The summed E-state index contributed by atoms with van der Waals surface area (Å²) in [5, 5.41) is 9.30. The molecule has 0 saturated carbocycles. The molecule has 1 atom stereocenters. The van der Waals surface area contributed by atoms with Gasteiger partial charge in [-0.05, 0) is 50.1 Å². The molecule has 2 aromatic rings. The van der Waals surface area contributed by atoms with Gasteiger partial charge in [0, 0.05) is 12.6 Å². The Morgan fingerprint density at radius 2 is 1.60 bits per heavy atom. The first kappa shape index (κ1) is 14.6. The Hall–Kier alpha value is -1.80. The fourth-order valence-electron chi connectivity index (χ4n) is 2.30. The van der Waals surface area contributed by atoms with Crippen molar-refractivity contribution in [3.05, 3.63) is 65.7 Å². The van der Waals surface area contributed by atoms with Crippen molar-refractivity contribution in [3.63, 3.8) is 0 Å². The minimum Gasteiger partial charge on any atom is -0.508 e. The second kappa shape index (κ2) is 7.11. The molecule has 0 fully saturated rings. The van der Waals surface area contributed by atoms with Gasteiger partial charge in [-0.15, -0.1) is 0 Å². The molecule has 0 bridgehead atoms. The highest BCUT2D eigenvalue weighted by Gasteiger charge is 2.10. The van der Waals surface area contributed by atoms with Gasteiger partial charge in [0.25, 0.3) is 0 Å².